The number of imide groups is 1. The Labute approximate surface area is 185 Å². The molecule has 5 heteroatoms. The lowest BCUT2D eigenvalue weighted by Gasteiger charge is -2.14. The van der Waals surface area contributed by atoms with Crippen molar-refractivity contribution in [2.75, 3.05) is 0 Å². The molecule has 0 spiro atoms. The van der Waals surface area contributed by atoms with Gasteiger partial charge in [-0.1, -0.05) is 60.7 Å². The molecule has 1 aliphatic heterocycles. The van der Waals surface area contributed by atoms with E-state index >= 15 is 0 Å². The second kappa shape index (κ2) is 7.75. The van der Waals surface area contributed by atoms with Crippen LogP contribution in [0.2, 0.25) is 0 Å². The van der Waals surface area contributed by atoms with Gasteiger partial charge in [0.2, 0.25) is 0 Å². The summed E-state index contributed by atoms with van der Waals surface area (Å²) in [6.07, 6.45) is 3.92. The summed E-state index contributed by atoms with van der Waals surface area (Å²) >= 11 is 1.02. The maximum atomic E-state index is 13.1. The predicted molar refractivity (Wildman–Crippen MR) is 128 cm³/mol. The van der Waals surface area contributed by atoms with Crippen LogP contribution in [-0.4, -0.2) is 20.6 Å². The van der Waals surface area contributed by atoms with E-state index in [1.807, 2.05) is 60.7 Å². The predicted octanol–water partition coefficient (Wildman–Crippen LogP) is 6.61. The van der Waals surface area contributed by atoms with E-state index in [0.29, 0.717) is 10.9 Å². The van der Waals surface area contributed by atoms with Gasteiger partial charge in [0.25, 0.3) is 11.1 Å². The van der Waals surface area contributed by atoms with Gasteiger partial charge in [-0.3, -0.25) is 14.5 Å². The highest BCUT2D eigenvalue weighted by atomic mass is 32.2. The first-order chi connectivity index (χ1) is 15.0. The highest BCUT2D eigenvalue weighted by molar-refractivity contribution is 8.18. The Kier molecular flexibility index (Phi) is 4.91. The number of nitrogens with zero attached hydrogens (tertiary/aromatic N) is 2. The minimum Gasteiger partial charge on any atom is -0.344 e. The molecule has 1 fully saturated rings. The number of rotatable bonds is 4. The lowest BCUT2D eigenvalue weighted by molar-refractivity contribution is -0.123. The molecule has 0 bridgehead atoms. The number of amides is 2. The second-order valence-corrected chi connectivity index (χ2v) is 9.00. The van der Waals surface area contributed by atoms with E-state index in [9.17, 15) is 9.59 Å². The molecule has 4 aromatic rings. The van der Waals surface area contributed by atoms with Crippen LogP contribution in [0, 0.1) is 0 Å². The molecule has 0 saturated carbocycles. The molecule has 4 nitrogen and oxygen atoms in total. The number of para-hydroxylation sites is 1. The third-order valence-electron chi connectivity index (χ3n) is 5.70. The zero-order valence-corrected chi connectivity index (χ0v) is 18.2. The van der Waals surface area contributed by atoms with Gasteiger partial charge >= 0.3 is 0 Å². The Balaban J connectivity index is 1.50. The number of thioether (sulfide) groups is 1. The third-order valence-corrected chi connectivity index (χ3v) is 6.60. The molecular weight excluding hydrogens is 404 g/mol. The number of hydrogen-bond acceptors (Lipinski definition) is 3. The molecule has 0 N–H and O–H groups in total. The zero-order chi connectivity index (χ0) is 21.5. The van der Waals surface area contributed by atoms with Crippen LogP contribution >= 0.6 is 11.8 Å². The van der Waals surface area contributed by atoms with E-state index in [2.05, 4.69) is 36.7 Å². The summed E-state index contributed by atoms with van der Waals surface area (Å²) in [4.78, 5) is 27.7. The van der Waals surface area contributed by atoms with Gasteiger partial charge in [0.15, 0.2) is 0 Å². The number of aromatic nitrogens is 1. The van der Waals surface area contributed by atoms with Crippen LogP contribution in [0.5, 0.6) is 0 Å². The van der Waals surface area contributed by atoms with Gasteiger partial charge in [-0.15, -0.1) is 0 Å². The molecular formula is C26H22N2O2S. The topological polar surface area (TPSA) is 42.3 Å². The molecule has 0 unspecified atom stereocenters. The van der Waals surface area contributed by atoms with Gasteiger partial charge < -0.3 is 4.57 Å². The fraction of sp³-hybridized carbons (Fsp3) is 0.154. The van der Waals surface area contributed by atoms with Gasteiger partial charge in [0.1, 0.15) is 0 Å². The van der Waals surface area contributed by atoms with Crippen LogP contribution in [0.4, 0.5) is 4.79 Å². The van der Waals surface area contributed by atoms with E-state index in [4.69, 9.17) is 0 Å². The highest BCUT2D eigenvalue weighted by Gasteiger charge is 2.35. The molecule has 0 atom stereocenters. The Morgan fingerprint density at radius 3 is 2.42 bits per heavy atom. The molecule has 3 aromatic carbocycles. The van der Waals surface area contributed by atoms with E-state index in [1.165, 1.54) is 4.90 Å². The lowest BCUT2D eigenvalue weighted by atomic mass is 10.0. The average molecular weight is 427 g/mol. The summed E-state index contributed by atoms with van der Waals surface area (Å²) < 4.78 is 2.20. The van der Waals surface area contributed by atoms with Gasteiger partial charge in [0.05, 0.1) is 11.4 Å². The van der Waals surface area contributed by atoms with Crippen LogP contribution in [0.1, 0.15) is 31.0 Å². The normalized spacial score (nSPS) is 15.8. The fourth-order valence-corrected chi connectivity index (χ4v) is 4.98. The van der Waals surface area contributed by atoms with Crippen molar-refractivity contribution in [1.29, 1.82) is 0 Å². The summed E-state index contributed by atoms with van der Waals surface area (Å²) in [5, 5.41) is 3.02. The minimum absolute atomic E-state index is 0.225. The van der Waals surface area contributed by atoms with E-state index in [0.717, 1.165) is 44.6 Å². The van der Waals surface area contributed by atoms with E-state index < -0.39 is 0 Å². The number of benzene rings is 3. The molecule has 154 valence electrons. The Morgan fingerprint density at radius 1 is 0.903 bits per heavy atom. The highest BCUT2D eigenvalue weighted by Crippen LogP contribution is 2.36. The van der Waals surface area contributed by atoms with Crippen molar-refractivity contribution in [3.8, 4) is 0 Å². The first-order valence-electron chi connectivity index (χ1n) is 10.3. The molecule has 2 heterocycles. The van der Waals surface area contributed by atoms with Crippen molar-refractivity contribution in [1.82, 2.24) is 9.47 Å². The van der Waals surface area contributed by atoms with Gasteiger partial charge in [-0.25, -0.2) is 0 Å². The number of carbonyl (C=O) groups is 2. The van der Waals surface area contributed by atoms with Crippen LogP contribution < -0.4 is 0 Å². The molecule has 31 heavy (non-hydrogen) atoms. The second-order valence-electron chi connectivity index (χ2n) is 8.01. The quantitative estimate of drug-likeness (QED) is 0.345. The van der Waals surface area contributed by atoms with Crippen LogP contribution in [-0.2, 0) is 11.3 Å². The van der Waals surface area contributed by atoms with Crippen molar-refractivity contribution in [3.05, 3.63) is 89.0 Å². The smallest absolute Gasteiger partial charge is 0.293 e. The molecule has 1 saturated heterocycles. The standard InChI is InChI=1S/C26H22N2O2S/c1-17(2)27-16-20(22-12-5-6-13-23(22)27)14-24-25(29)28(26(30)31-24)15-19-10-7-9-18-8-3-4-11-21(18)19/h3-14,16-17H,15H2,1-2H3/b24-14-. The largest absolute Gasteiger partial charge is 0.344 e. The summed E-state index contributed by atoms with van der Waals surface area (Å²) in [6.45, 7) is 4.54. The molecule has 5 rings (SSSR count). The first-order valence-corrected chi connectivity index (χ1v) is 11.2. The Morgan fingerprint density at radius 2 is 1.61 bits per heavy atom. The number of fused-ring (bicyclic) bond motifs is 2. The van der Waals surface area contributed by atoms with Gasteiger partial charge in [-0.05, 0) is 54.1 Å². The molecule has 0 aliphatic carbocycles. The van der Waals surface area contributed by atoms with Gasteiger partial charge in [0, 0.05) is 28.7 Å². The third kappa shape index (κ3) is 3.45. The lowest BCUT2D eigenvalue weighted by Crippen LogP contribution is -2.27. The van der Waals surface area contributed by atoms with Crippen molar-refractivity contribution >= 4 is 50.7 Å². The SMILES string of the molecule is CC(C)n1cc(/C=C2\SC(=O)N(Cc3cccc4ccccc34)C2=O)c2ccccc21. The molecule has 2 amide bonds. The fourth-order valence-electron chi connectivity index (χ4n) is 4.15. The molecule has 1 aliphatic rings. The van der Waals surface area contributed by atoms with Crippen molar-refractivity contribution in [3.63, 3.8) is 0 Å². The number of hydrogen-bond donors (Lipinski definition) is 0. The van der Waals surface area contributed by atoms with Crippen LogP contribution in [0.25, 0.3) is 27.8 Å². The average Bonchev–Trinajstić information content (AvgIpc) is 3.27. The van der Waals surface area contributed by atoms with Crippen LogP contribution in [0.15, 0.2) is 77.8 Å². The zero-order valence-electron chi connectivity index (χ0n) is 17.4. The monoisotopic (exact) mass is 426 g/mol. The van der Waals surface area contributed by atoms with Crippen molar-refractivity contribution in [2.45, 2.75) is 26.4 Å². The summed E-state index contributed by atoms with van der Waals surface area (Å²) in [5.41, 5.74) is 3.05. The van der Waals surface area contributed by atoms with E-state index in [1.54, 1.807) is 0 Å². The Bertz CT molecular complexity index is 1360. The molecule has 1 aromatic heterocycles. The minimum atomic E-state index is -0.232. The summed E-state index contributed by atoms with van der Waals surface area (Å²) in [6, 6.07) is 22.5. The van der Waals surface area contributed by atoms with E-state index in [-0.39, 0.29) is 17.7 Å². The number of carbonyl (C=O) groups excluding carboxylic acids is 2. The van der Waals surface area contributed by atoms with Crippen LogP contribution in [0.3, 0.4) is 0 Å². The van der Waals surface area contributed by atoms with Crippen molar-refractivity contribution in [2.24, 2.45) is 0 Å². The first kappa shape index (κ1) is 19.6. The Hall–Kier alpha value is -3.31. The maximum Gasteiger partial charge on any atom is 0.293 e. The van der Waals surface area contributed by atoms with Crippen molar-refractivity contribution < 1.29 is 9.59 Å². The summed E-state index contributed by atoms with van der Waals surface area (Å²) in [5.74, 6) is -0.232. The molecule has 0 radical (unpaired) electrons. The summed E-state index contributed by atoms with van der Waals surface area (Å²) in [7, 11) is 0. The maximum absolute atomic E-state index is 13.1. The van der Waals surface area contributed by atoms with Gasteiger partial charge in [-0.2, -0.15) is 0 Å².